The van der Waals surface area contributed by atoms with Gasteiger partial charge in [0, 0.05) is 42.5 Å². The molecule has 4 rings (SSSR count). The van der Waals surface area contributed by atoms with Gasteiger partial charge in [0.25, 0.3) is 0 Å². The smallest absolute Gasteiger partial charge is 0.243 e. The van der Waals surface area contributed by atoms with E-state index in [1.165, 1.54) is 6.07 Å². The highest BCUT2D eigenvalue weighted by atomic mass is 35.5. The van der Waals surface area contributed by atoms with Crippen LogP contribution in [0.2, 0.25) is 5.02 Å². The monoisotopic (exact) mass is 599 g/mol. The predicted octanol–water partition coefficient (Wildman–Crippen LogP) is 5.34. The van der Waals surface area contributed by atoms with E-state index >= 15 is 4.39 Å². The highest BCUT2D eigenvalue weighted by molar-refractivity contribution is 7.89. The molecule has 4 atom stereocenters. The van der Waals surface area contributed by atoms with Gasteiger partial charge in [-0.25, -0.2) is 12.8 Å². The predicted molar refractivity (Wildman–Crippen MR) is 162 cm³/mol. The number of hydrogen-bond acceptors (Lipinski definition) is 5. The normalized spacial score (nSPS) is 19.7. The van der Waals surface area contributed by atoms with Crippen molar-refractivity contribution < 1.29 is 17.6 Å². The molecule has 9 heteroatoms. The fourth-order valence-electron chi connectivity index (χ4n) is 5.93. The van der Waals surface area contributed by atoms with Crippen LogP contribution in [0.5, 0.6) is 0 Å². The van der Waals surface area contributed by atoms with Gasteiger partial charge < -0.3 is 11.1 Å². The van der Waals surface area contributed by atoms with E-state index in [1.807, 2.05) is 32.9 Å². The number of nitrogens with one attached hydrogen (secondary N) is 1. The van der Waals surface area contributed by atoms with Crippen molar-refractivity contribution in [2.45, 2.75) is 69.0 Å². The molecule has 3 aromatic carbocycles. The summed E-state index contributed by atoms with van der Waals surface area (Å²) in [4.78, 5) is 13.7. The summed E-state index contributed by atoms with van der Waals surface area (Å²) in [7, 11) is -3.74. The summed E-state index contributed by atoms with van der Waals surface area (Å²) < 4.78 is 43.9. The Hall–Kier alpha value is -2.62. The van der Waals surface area contributed by atoms with Crippen LogP contribution in [-0.4, -0.2) is 49.7 Å². The van der Waals surface area contributed by atoms with Crippen molar-refractivity contribution in [2.24, 2.45) is 11.7 Å². The van der Waals surface area contributed by atoms with E-state index in [0.717, 1.165) is 5.56 Å². The van der Waals surface area contributed by atoms with E-state index in [-0.39, 0.29) is 47.4 Å². The molecule has 1 fully saturated rings. The molecule has 0 radical (unpaired) electrons. The second-order valence-corrected chi connectivity index (χ2v) is 13.5. The van der Waals surface area contributed by atoms with E-state index in [9.17, 15) is 13.2 Å². The van der Waals surface area contributed by atoms with Gasteiger partial charge in [-0.3, -0.25) is 4.79 Å². The summed E-state index contributed by atoms with van der Waals surface area (Å²) in [5.41, 5.74) is 8.48. The molecule has 0 spiro atoms. The Bertz CT molecular complexity index is 1430. The molecule has 3 N–H and O–H groups in total. The molecule has 1 aliphatic heterocycles. The summed E-state index contributed by atoms with van der Waals surface area (Å²) in [5.74, 6) is -0.702. The first-order chi connectivity index (χ1) is 19.5. The first-order valence-electron chi connectivity index (χ1n) is 14.1. The summed E-state index contributed by atoms with van der Waals surface area (Å²) in [6.45, 7) is 6.91. The van der Waals surface area contributed by atoms with Gasteiger partial charge in [0.15, 0.2) is 5.78 Å². The molecule has 1 aliphatic rings. The maximum atomic E-state index is 15.2. The van der Waals surface area contributed by atoms with Crippen LogP contribution >= 0.6 is 11.6 Å². The van der Waals surface area contributed by atoms with Crippen molar-refractivity contribution in [1.82, 2.24) is 9.62 Å². The standard InChI is InChI=1S/C32H39ClFN3O3S/c1-21(2)31(23-12-14-25(33)15-13-23)32(35)30(38)18-24-8-7-11-29(34)28(24)17-16-26-20-36-19-22(3)37(26)41(39,40)27-9-5-4-6-10-27/h4-15,21-22,26,31-32,36H,16-20,35H2,1-3H3/t22-,26+,31-,32-/m1/s1. The number of carbonyl (C=O) groups excluding carboxylic acids is 1. The molecule has 220 valence electrons. The molecule has 3 aromatic rings. The molecule has 0 saturated carbocycles. The SMILES string of the molecule is CC(C)[C@H](c1ccc(Cl)cc1)[C@H](N)C(=O)Cc1cccc(F)c1CC[C@H]1CNC[C@@H](C)N1S(=O)(=O)c1ccccc1. The Balaban J connectivity index is 1.54. The highest BCUT2D eigenvalue weighted by Gasteiger charge is 2.38. The minimum absolute atomic E-state index is 0.00355. The number of hydrogen-bond donors (Lipinski definition) is 2. The maximum Gasteiger partial charge on any atom is 0.243 e. The Morgan fingerprint density at radius 2 is 1.73 bits per heavy atom. The van der Waals surface area contributed by atoms with Crippen molar-refractivity contribution in [3.8, 4) is 0 Å². The van der Waals surface area contributed by atoms with Crippen LogP contribution in [0.25, 0.3) is 0 Å². The third-order valence-corrected chi connectivity index (χ3v) is 10.3. The second-order valence-electron chi connectivity index (χ2n) is 11.2. The Labute approximate surface area is 248 Å². The quantitative estimate of drug-likeness (QED) is 0.310. The number of rotatable bonds is 11. The van der Waals surface area contributed by atoms with Crippen LogP contribution in [0.15, 0.2) is 77.7 Å². The fourth-order valence-corrected chi connectivity index (χ4v) is 7.92. The number of nitrogens with two attached hydrogens (primary N) is 1. The van der Waals surface area contributed by atoms with Crippen LogP contribution in [0.3, 0.4) is 0 Å². The van der Waals surface area contributed by atoms with Gasteiger partial charge in [-0.2, -0.15) is 4.31 Å². The van der Waals surface area contributed by atoms with Crippen molar-refractivity contribution in [2.75, 3.05) is 13.1 Å². The zero-order valence-corrected chi connectivity index (χ0v) is 25.3. The number of sulfonamides is 1. The molecule has 0 aliphatic carbocycles. The van der Waals surface area contributed by atoms with Crippen molar-refractivity contribution in [3.05, 3.63) is 100 Å². The lowest BCUT2D eigenvalue weighted by atomic mass is 9.80. The first kappa shape index (κ1) is 31.3. The van der Waals surface area contributed by atoms with Gasteiger partial charge in [0.05, 0.1) is 10.9 Å². The molecule has 0 aromatic heterocycles. The molecule has 1 saturated heterocycles. The third-order valence-electron chi connectivity index (χ3n) is 7.97. The van der Waals surface area contributed by atoms with E-state index in [0.29, 0.717) is 35.7 Å². The van der Waals surface area contributed by atoms with Gasteiger partial charge in [-0.1, -0.05) is 67.9 Å². The highest BCUT2D eigenvalue weighted by Crippen LogP contribution is 2.30. The number of ketones is 1. The first-order valence-corrected chi connectivity index (χ1v) is 15.9. The number of nitrogens with zero attached hydrogens (tertiary/aromatic N) is 1. The summed E-state index contributed by atoms with van der Waals surface area (Å²) >= 11 is 6.06. The fraction of sp³-hybridized carbons (Fsp3) is 0.406. The van der Waals surface area contributed by atoms with Gasteiger partial charge >= 0.3 is 0 Å². The summed E-state index contributed by atoms with van der Waals surface area (Å²) in [6, 6.07) is 19.1. The Morgan fingerprint density at radius 1 is 1.05 bits per heavy atom. The van der Waals surface area contributed by atoms with Gasteiger partial charge in [-0.05, 0) is 72.7 Å². The molecular formula is C32H39ClFN3O3S. The molecular weight excluding hydrogens is 561 g/mol. The number of Topliss-reactive ketones (excluding diaryl/α,β-unsaturated/α-hetero) is 1. The van der Waals surface area contributed by atoms with E-state index in [4.69, 9.17) is 17.3 Å². The van der Waals surface area contributed by atoms with Crippen LogP contribution in [0, 0.1) is 11.7 Å². The van der Waals surface area contributed by atoms with Crippen molar-refractivity contribution in [1.29, 1.82) is 0 Å². The van der Waals surface area contributed by atoms with Crippen molar-refractivity contribution >= 4 is 27.4 Å². The molecule has 41 heavy (non-hydrogen) atoms. The lowest BCUT2D eigenvalue weighted by Gasteiger charge is -2.40. The maximum absolute atomic E-state index is 15.2. The van der Waals surface area contributed by atoms with Crippen LogP contribution < -0.4 is 11.1 Å². The number of halogens is 2. The third kappa shape index (κ3) is 7.24. The molecule has 0 amide bonds. The Morgan fingerprint density at radius 3 is 2.39 bits per heavy atom. The van der Waals surface area contributed by atoms with Crippen LogP contribution in [-0.2, 0) is 27.7 Å². The number of carbonyl (C=O) groups is 1. The minimum atomic E-state index is -3.74. The molecule has 0 bridgehead atoms. The average Bonchev–Trinajstić information content (AvgIpc) is 2.94. The molecule has 0 unspecified atom stereocenters. The van der Waals surface area contributed by atoms with Crippen LogP contribution in [0.4, 0.5) is 4.39 Å². The van der Waals surface area contributed by atoms with Gasteiger partial charge in [0.2, 0.25) is 10.0 Å². The summed E-state index contributed by atoms with van der Waals surface area (Å²) in [6.07, 6.45) is 0.683. The second kappa shape index (κ2) is 13.6. The van der Waals surface area contributed by atoms with Gasteiger partial charge in [-0.15, -0.1) is 0 Å². The zero-order valence-electron chi connectivity index (χ0n) is 23.8. The van der Waals surface area contributed by atoms with Gasteiger partial charge in [0.1, 0.15) is 5.82 Å². The number of benzene rings is 3. The van der Waals surface area contributed by atoms with Crippen LogP contribution in [0.1, 0.15) is 49.8 Å². The van der Waals surface area contributed by atoms with E-state index in [2.05, 4.69) is 5.32 Å². The molecule has 6 nitrogen and oxygen atoms in total. The Kier molecular flexibility index (Phi) is 10.4. The largest absolute Gasteiger partial charge is 0.321 e. The average molecular weight is 600 g/mol. The zero-order chi connectivity index (χ0) is 29.7. The topological polar surface area (TPSA) is 92.5 Å². The van der Waals surface area contributed by atoms with E-state index in [1.54, 1.807) is 58.9 Å². The molecule has 1 heterocycles. The van der Waals surface area contributed by atoms with E-state index < -0.39 is 21.9 Å². The van der Waals surface area contributed by atoms with Crippen molar-refractivity contribution in [3.63, 3.8) is 0 Å². The summed E-state index contributed by atoms with van der Waals surface area (Å²) in [5, 5.41) is 3.92. The lowest BCUT2D eigenvalue weighted by molar-refractivity contribution is -0.120. The lowest BCUT2D eigenvalue weighted by Crippen LogP contribution is -2.58. The minimum Gasteiger partial charge on any atom is -0.321 e. The number of piperazine rings is 1.